The molecule has 24 heavy (non-hydrogen) atoms. The van der Waals surface area contributed by atoms with Gasteiger partial charge in [-0.2, -0.15) is 0 Å². The Balaban J connectivity index is 2.46. The average Bonchev–Trinajstić information content (AvgIpc) is 2.61. The maximum Gasteiger partial charge on any atom is 0.177 e. The molecule has 0 amide bonds. The fraction of sp³-hybridized carbons (Fsp3) is 0.300. The van der Waals surface area contributed by atoms with Crippen molar-refractivity contribution in [2.45, 2.75) is 13.8 Å². The number of hydrogen-bond acceptors (Lipinski definition) is 4. The zero-order chi connectivity index (χ0) is 17.7. The lowest BCUT2D eigenvalue weighted by Gasteiger charge is -2.20. The van der Waals surface area contributed by atoms with Crippen LogP contribution < -0.4 is 9.47 Å². The number of ether oxygens (including phenoxy) is 2. The molecule has 0 aliphatic heterocycles. The number of para-hydroxylation sites is 2. The summed E-state index contributed by atoms with van der Waals surface area (Å²) >= 11 is 0. The van der Waals surface area contributed by atoms with Gasteiger partial charge < -0.3 is 9.47 Å². The minimum atomic E-state index is -0.794. The van der Waals surface area contributed by atoms with E-state index in [0.29, 0.717) is 22.6 Å². The Kier molecular flexibility index (Phi) is 5.74. The standard InChI is InChI=1S/C20H22O4/c1-13(2)18(19(21)14-9-5-7-11-16(14)23-3)20(22)15-10-6-8-12-17(15)24-4/h5-13,18H,1-4H3. The van der Waals surface area contributed by atoms with Gasteiger partial charge in [-0.25, -0.2) is 0 Å². The Hall–Kier alpha value is -2.62. The van der Waals surface area contributed by atoms with Crippen molar-refractivity contribution in [1.82, 2.24) is 0 Å². The van der Waals surface area contributed by atoms with Crippen LogP contribution in [0.4, 0.5) is 0 Å². The van der Waals surface area contributed by atoms with Gasteiger partial charge in [0.2, 0.25) is 0 Å². The first-order valence-corrected chi connectivity index (χ1v) is 7.85. The molecule has 0 atom stereocenters. The van der Waals surface area contributed by atoms with E-state index >= 15 is 0 Å². The maximum atomic E-state index is 13.0. The fourth-order valence-electron chi connectivity index (χ4n) is 2.76. The maximum absolute atomic E-state index is 13.0. The third-order valence-corrected chi connectivity index (χ3v) is 3.98. The van der Waals surface area contributed by atoms with Crippen LogP contribution in [0, 0.1) is 11.8 Å². The smallest absolute Gasteiger partial charge is 0.177 e. The fourth-order valence-corrected chi connectivity index (χ4v) is 2.76. The molecule has 0 aliphatic carbocycles. The summed E-state index contributed by atoms with van der Waals surface area (Å²) < 4.78 is 10.5. The molecule has 0 unspecified atom stereocenters. The van der Waals surface area contributed by atoms with Gasteiger partial charge in [-0.05, 0) is 30.2 Å². The van der Waals surface area contributed by atoms with Crippen molar-refractivity contribution >= 4 is 11.6 Å². The molecule has 0 aliphatic rings. The van der Waals surface area contributed by atoms with Gasteiger partial charge >= 0.3 is 0 Å². The number of benzene rings is 2. The summed E-state index contributed by atoms with van der Waals surface area (Å²) in [5.41, 5.74) is 0.837. The highest BCUT2D eigenvalue weighted by atomic mass is 16.5. The van der Waals surface area contributed by atoms with Crippen LogP contribution in [0.15, 0.2) is 48.5 Å². The average molecular weight is 326 g/mol. The van der Waals surface area contributed by atoms with Crippen molar-refractivity contribution in [3.8, 4) is 11.5 Å². The number of rotatable bonds is 7. The summed E-state index contributed by atoms with van der Waals surface area (Å²) in [5.74, 6) is -0.476. The number of ketones is 2. The second-order valence-corrected chi connectivity index (χ2v) is 5.85. The molecule has 0 radical (unpaired) electrons. The molecule has 0 saturated heterocycles. The van der Waals surface area contributed by atoms with E-state index in [1.807, 2.05) is 13.8 Å². The van der Waals surface area contributed by atoms with Gasteiger partial charge in [0.1, 0.15) is 11.5 Å². The van der Waals surface area contributed by atoms with Crippen LogP contribution in [-0.2, 0) is 0 Å². The minimum Gasteiger partial charge on any atom is -0.496 e. The summed E-state index contributed by atoms with van der Waals surface area (Å²) in [4.78, 5) is 26.1. The monoisotopic (exact) mass is 326 g/mol. The molecular formula is C20H22O4. The Morgan fingerprint density at radius 3 is 1.46 bits per heavy atom. The zero-order valence-corrected chi connectivity index (χ0v) is 14.4. The Morgan fingerprint density at radius 1 is 0.750 bits per heavy atom. The van der Waals surface area contributed by atoms with Crippen molar-refractivity contribution < 1.29 is 19.1 Å². The molecule has 2 aromatic carbocycles. The van der Waals surface area contributed by atoms with Crippen molar-refractivity contribution in [1.29, 1.82) is 0 Å². The van der Waals surface area contributed by atoms with E-state index in [0.717, 1.165) is 0 Å². The molecule has 0 spiro atoms. The normalized spacial score (nSPS) is 10.8. The van der Waals surface area contributed by atoms with E-state index in [1.165, 1.54) is 14.2 Å². The van der Waals surface area contributed by atoms with Gasteiger partial charge in [0.05, 0.1) is 31.3 Å². The summed E-state index contributed by atoms with van der Waals surface area (Å²) in [6.45, 7) is 3.73. The Labute approximate surface area is 142 Å². The van der Waals surface area contributed by atoms with E-state index in [2.05, 4.69) is 0 Å². The molecule has 2 aromatic rings. The SMILES string of the molecule is COc1ccccc1C(=O)C(C(=O)c1ccccc1OC)C(C)C. The van der Waals surface area contributed by atoms with Crippen molar-refractivity contribution in [3.63, 3.8) is 0 Å². The molecule has 2 rings (SSSR count). The first-order valence-electron chi connectivity index (χ1n) is 7.85. The third kappa shape index (κ3) is 3.48. The first kappa shape index (κ1) is 17.7. The van der Waals surface area contributed by atoms with E-state index < -0.39 is 5.92 Å². The lowest BCUT2D eigenvalue weighted by atomic mass is 9.81. The number of methoxy groups -OCH3 is 2. The summed E-state index contributed by atoms with van der Waals surface area (Å²) in [6.07, 6.45) is 0. The molecule has 126 valence electrons. The molecule has 4 heteroatoms. The number of carbonyl (C=O) groups is 2. The van der Waals surface area contributed by atoms with E-state index in [1.54, 1.807) is 48.5 Å². The number of carbonyl (C=O) groups excluding carboxylic acids is 2. The molecule has 0 saturated carbocycles. The van der Waals surface area contributed by atoms with E-state index in [9.17, 15) is 9.59 Å². The van der Waals surface area contributed by atoms with Crippen LogP contribution in [0.5, 0.6) is 11.5 Å². The van der Waals surface area contributed by atoms with Crippen molar-refractivity contribution in [2.75, 3.05) is 14.2 Å². The van der Waals surface area contributed by atoms with Crippen molar-refractivity contribution in [3.05, 3.63) is 59.7 Å². The summed E-state index contributed by atoms with van der Waals surface area (Å²) in [7, 11) is 3.02. The molecule has 0 aromatic heterocycles. The van der Waals surface area contributed by atoms with Crippen LogP contribution in [0.2, 0.25) is 0 Å². The molecule has 0 N–H and O–H groups in total. The van der Waals surface area contributed by atoms with Gasteiger partial charge in [-0.15, -0.1) is 0 Å². The molecule has 0 bridgehead atoms. The second kappa shape index (κ2) is 7.77. The van der Waals surface area contributed by atoms with E-state index in [-0.39, 0.29) is 17.5 Å². The zero-order valence-electron chi connectivity index (χ0n) is 14.4. The molecule has 0 heterocycles. The quantitative estimate of drug-likeness (QED) is 0.569. The molecular weight excluding hydrogens is 304 g/mol. The highest BCUT2D eigenvalue weighted by Crippen LogP contribution is 2.29. The van der Waals surface area contributed by atoms with Crippen LogP contribution in [0.25, 0.3) is 0 Å². The van der Waals surface area contributed by atoms with Gasteiger partial charge in [0.15, 0.2) is 11.6 Å². The topological polar surface area (TPSA) is 52.6 Å². The lowest BCUT2D eigenvalue weighted by molar-refractivity contribution is 0.0763. The molecule has 0 fully saturated rings. The number of hydrogen-bond donors (Lipinski definition) is 0. The highest BCUT2D eigenvalue weighted by Gasteiger charge is 2.33. The van der Waals surface area contributed by atoms with Gasteiger partial charge in [-0.1, -0.05) is 38.1 Å². The van der Waals surface area contributed by atoms with Crippen molar-refractivity contribution in [2.24, 2.45) is 11.8 Å². The molecule has 4 nitrogen and oxygen atoms in total. The van der Waals surface area contributed by atoms with Gasteiger partial charge in [0, 0.05) is 0 Å². The predicted molar refractivity (Wildman–Crippen MR) is 93.0 cm³/mol. The Bertz CT molecular complexity index is 674. The Morgan fingerprint density at radius 2 is 1.12 bits per heavy atom. The van der Waals surface area contributed by atoms with Crippen LogP contribution in [0.3, 0.4) is 0 Å². The van der Waals surface area contributed by atoms with Crippen LogP contribution in [-0.4, -0.2) is 25.8 Å². The summed E-state index contributed by atoms with van der Waals surface area (Å²) in [5, 5.41) is 0. The largest absolute Gasteiger partial charge is 0.496 e. The second-order valence-electron chi connectivity index (χ2n) is 5.85. The van der Waals surface area contributed by atoms with Gasteiger partial charge in [-0.3, -0.25) is 9.59 Å². The third-order valence-electron chi connectivity index (χ3n) is 3.98. The van der Waals surface area contributed by atoms with Crippen LogP contribution in [0.1, 0.15) is 34.6 Å². The minimum absolute atomic E-state index is 0.153. The predicted octanol–water partition coefficient (Wildman–Crippen LogP) is 4.04. The number of Topliss-reactive ketones (excluding diaryl/α,β-unsaturated/α-hetero) is 2. The van der Waals surface area contributed by atoms with E-state index in [4.69, 9.17) is 9.47 Å². The first-order chi connectivity index (χ1) is 11.5. The summed E-state index contributed by atoms with van der Waals surface area (Å²) in [6, 6.07) is 13.9. The lowest BCUT2D eigenvalue weighted by Crippen LogP contribution is -2.29. The van der Waals surface area contributed by atoms with Crippen LogP contribution >= 0.6 is 0 Å². The highest BCUT2D eigenvalue weighted by molar-refractivity contribution is 6.17. The van der Waals surface area contributed by atoms with Gasteiger partial charge in [0.25, 0.3) is 0 Å².